The van der Waals surface area contributed by atoms with Gasteiger partial charge in [-0.15, -0.1) is 11.3 Å². The number of ether oxygens (including phenoxy) is 2. The van der Waals surface area contributed by atoms with Gasteiger partial charge in [0.2, 0.25) is 5.91 Å². The van der Waals surface area contributed by atoms with Gasteiger partial charge in [0.25, 0.3) is 0 Å². The quantitative estimate of drug-likeness (QED) is 0.682. The molecule has 1 heterocycles. The molecule has 140 valence electrons. The zero-order valence-corrected chi connectivity index (χ0v) is 15.4. The van der Waals surface area contributed by atoms with Crippen LogP contribution < -0.4 is 14.8 Å². The van der Waals surface area contributed by atoms with E-state index in [1.807, 2.05) is 0 Å². The number of hydrogen-bond donors (Lipinski definition) is 1. The lowest BCUT2D eigenvalue weighted by Crippen LogP contribution is -2.14. The van der Waals surface area contributed by atoms with Crippen molar-refractivity contribution in [1.82, 2.24) is 4.98 Å². The second-order valence-corrected chi connectivity index (χ2v) is 6.43. The number of benzene rings is 2. The summed E-state index contributed by atoms with van der Waals surface area (Å²) in [5.74, 6) is -0.324. The number of carbonyl (C=O) groups is 1. The van der Waals surface area contributed by atoms with Gasteiger partial charge in [-0.05, 0) is 35.9 Å². The minimum Gasteiger partial charge on any atom is -0.493 e. The molecule has 0 aliphatic rings. The first-order valence-corrected chi connectivity index (χ1v) is 8.80. The van der Waals surface area contributed by atoms with Crippen LogP contribution in [0, 0.1) is 11.6 Å². The summed E-state index contributed by atoms with van der Waals surface area (Å²) in [5, 5.41) is 4.53. The number of anilines is 1. The summed E-state index contributed by atoms with van der Waals surface area (Å²) in [6.07, 6.45) is 0.101. The molecule has 0 aliphatic carbocycles. The molecule has 0 bridgehead atoms. The van der Waals surface area contributed by atoms with Gasteiger partial charge in [-0.3, -0.25) is 4.79 Å². The molecule has 5 nitrogen and oxygen atoms in total. The third-order valence-electron chi connectivity index (χ3n) is 3.77. The molecule has 0 saturated carbocycles. The summed E-state index contributed by atoms with van der Waals surface area (Å²) in [7, 11) is 3.05. The van der Waals surface area contributed by atoms with Gasteiger partial charge in [0, 0.05) is 10.9 Å². The van der Waals surface area contributed by atoms with Crippen LogP contribution in [0.3, 0.4) is 0 Å². The number of carbonyl (C=O) groups excluding carboxylic acids is 1. The Bertz CT molecular complexity index is 975. The monoisotopic (exact) mass is 390 g/mol. The zero-order valence-electron chi connectivity index (χ0n) is 14.6. The highest BCUT2D eigenvalue weighted by Gasteiger charge is 2.13. The molecule has 0 unspecified atom stereocenters. The Labute approximate surface area is 158 Å². The summed E-state index contributed by atoms with van der Waals surface area (Å²) in [5.41, 5.74) is 1.04. The van der Waals surface area contributed by atoms with Crippen LogP contribution in [0.2, 0.25) is 0 Å². The first-order valence-electron chi connectivity index (χ1n) is 7.92. The van der Waals surface area contributed by atoms with Gasteiger partial charge in [0.1, 0.15) is 11.6 Å². The zero-order chi connectivity index (χ0) is 19.4. The van der Waals surface area contributed by atoms with Gasteiger partial charge in [-0.25, -0.2) is 13.8 Å². The van der Waals surface area contributed by atoms with E-state index in [4.69, 9.17) is 9.47 Å². The molecule has 2 aromatic carbocycles. The van der Waals surface area contributed by atoms with E-state index in [-0.39, 0.29) is 23.6 Å². The van der Waals surface area contributed by atoms with E-state index in [9.17, 15) is 13.6 Å². The van der Waals surface area contributed by atoms with Gasteiger partial charge >= 0.3 is 0 Å². The number of methoxy groups -OCH3 is 2. The molecular formula is C19H16F2N2O3S. The van der Waals surface area contributed by atoms with Gasteiger partial charge in [-0.2, -0.15) is 0 Å². The fourth-order valence-electron chi connectivity index (χ4n) is 2.49. The maximum absolute atomic E-state index is 13.8. The Morgan fingerprint density at radius 3 is 2.63 bits per heavy atom. The number of aromatic nitrogens is 1. The summed E-state index contributed by atoms with van der Waals surface area (Å²) in [6, 6.07) is 8.34. The minimum atomic E-state index is -0.579. The van der Waals surface area contributed by atoms with Gasteiger partial charge in [0.15, 0.2) is 16.6 Å². The van der Waals surface area contributed by atoms with Crippen molar-refractivity contribution in [3.05, 3.63) is 59.0 Å². The molecule has 27 heavy (non-hydrogen) atoms. The van der Waals surface area contributed by atoms with Crippen LogP contribution >= 0.6 is 11.3 Å². The summed E-state index contributed by atoms with van der Waals surface area (Å²) >= 11 is 1.13. The number of hydrogen-bond acceptors (Lipinski definition) is 5. The van der Waals surface area contributed by atoms with Crippen LogP contribution in [-0.4, -0.2) is 25.1 Å². The van der Waals surface area contributed by atoms with E-state index in [1.165, 1.54) is 14.2 Å². The molecule has 0 atom stereocenters. The van der Waals surface area contributed by atoms with Crippen molar-refractivity contribution in [3.63, 3.8) is 0 Å². The predicted octanol–water partition coefficient (Wildman–Crippen LogP) is 4.29. The number of nitrogens with one attached hydrogen (secondary N) is 1. The molecule has 0 radical (unpaired) electrons. The van der Waals surface area contributed by atoms with Crippen molar-refractivity contribution >= 4 is 22.4 Å². The van der Waals surface area contributed by atoms with E-state index in [1.54, 1.807) is 23.6 Å². The second-order valence-electron chi connectivity index (χ2n) is 5.58. The van der Waals surface area contributed by atoms with E-state index in [2.05, 4.69) is 10.3 Å². The van der Waals surface area contributed by atoms with E-state index >= 15 is 0 Å². The number of nitrogens with zero attached hydrogens (tertiary/aromatic N) is 1. The number of rotatable bonds is 6. The molecule has 1 aromatic heterocycles. The fourth-order valence-corrected chi connectivity index (χ4v) is 3.21. The number of halogens is 2. The molecule has 0 saturated heterocycles. The standard InChI is InChI=1S/C19H16F2N2O3S/c1-25-16-6-3-11(7-17(16)26-2)8-18(24)23-19-22-15(10-27-19)13-9-12(20)4-5-14(13)21/h3-7,9-10H,8H2,1-2H3,(H,22,23,24). The Balaban J connectivity index is 1.70. The first-order chi connectivity index (χ1) is 13.0. The van der Waals surface area contributed by atoms with Crippen LogP contribution in [0.25, 0.3) is 11.3 Å². The molecule has 1 N–H and O–H groups in total. The largest absolute Gasteiger partial charge is 0.493 e. The Morgan fingerprint density at radius 1 is 1.11 bits per heavy atom. The maximum Gasteiger partial charge on any atom is 0.230 e. The topological polar surface area (TPSA) is 60.5 Å². The highest BCUT2D eigenvalue weighted by molar-refractivity contribution is 7.14. The third kappa shape index (κ3) is 4.40. The SMILES string of the molecule is COc1ccc(CC(=O)Nc2nc(-c3cc(F)ccc3F)cs2)cc1OC. The van der Waals surface area contributed by atoms with Gasteiger partial charge in [-0.1, -0.05) is 6.07 Å². The lowest BCUT2D eigenvalue weighted by atomic mass is 10.1. The van der Waals surface area contributed by atoms with Crippen molar-refractivity contribution in [3.8, 4) is 22.8 Å². The minimum absolute atomic E-state index is 0.0478. The van der Waals surface area contributed by atoms with E-state index in [0.29, 0.717) is 16.6 Å². The average molecular weight is 390 g/mol. The molecular weight excluding hydrogens is 374 g/mol. The van der Waals surface area contributed by atoms with Crippen molar-refractivity contribution in [2.24, 2.45) is 0 Å². The summed E-state index contributed by atoms with van der Waals surface area (Å²) in [6.45, 7) is 0. The Morgan fingerprint density at radius 2 is 1.89 bits per heavy atom. The predicted molar refractivity (Wildman–Crippen MR) is 99.3 cm³/mol. The molecule has 0 spiro atoms. The van der Waals surface area contributed by atoms with Crippen LogP contribution in [0.1, 0.15) is 5.56 Å². The highest BCUT2D eigenvalue weighted by Crippen LogP contribution is 2.29. The van der Waals surface area contributed by atoms with E-state index in [0.717, 1.165) is 35.1 Å². The molecule has 3 rings (SSSR count). The Hall–Kier alpha value is -3.00. The van der Waals surface area contributed by atoms with Crippen LogP contribution in [0.15, 0.2) is 41.8 Å². The second kappa shape index (κ2) is 8.13. The fraction of sp³-hybridized carbons (Fsp3) is 0.158. The van der Waals surface area contributed by atoms with E-state index < -0.39 is 11.6 Å². The number of thiazole rings is 1. The summed E-state index contributed by atoms with van der Waals surface area (Å²) in [4.78, 5) is 16.4. The lowest BCUT2D eigenvalue weighted by Gasteiger charge is -2.09. The molecule has 0 aliphatic heterocycles. The van der Waals surface area contributed by atoms with Crippen molar-refractivity contribution in [1.29, 1.82) is 0 Å². The Kier molecular flexibility index (Phi) is 5.66. The van der Waals surface area contributed by atoms with Crippen LogP contribution in [0.4, 0.5) is 13.9 Å². The first kappa shape index (κ1) is 18.8. The van der Waals surface area contributed by atoms with Gasteiger partial charge in [0.05, 0.1) is 26.3 Å². The smallest absolute Gasteiger partial charge is 0.230 e. The molecule has 3 aromatic rings. The van der Waals surface area contributed by atoms with Crippen molar-refractivity contribution < 1.29 is 23.0 Å². The van der Waals surface area contributed by atoms with Gasteiger partial charge < -0.3 is 14.8 Å². The van der Waals surface area contributed by atoms with Crippen molar-refractivity contribution in [2.45, 2.75) is 6.42 Å². The molecule has 8 heteroatoms. The number of amides is 1. The average Bonchev–Trinajstić information content (AvgIpc) is 3.11. The van der Waals surface area contributed by atoms with Crippen molar-refractivity contribution in [2.75, 3.05) is 19.5 Å². The normalized spacial score (nSPS) is 10.5. The lowest BCUT2D eigenvalue weighted by molar-refractivity contribution is -0.115. The maximum atomic E-state index is 13.8. The third-order valence-corrected chi connectivity index (χ3v) is 4.53. The highest BCUT2D eigenvalue weighted by atomic mass is 32.1. The van der Waals surface area contributed by atoms with Crippen LogP contribution in [0.5, 0.6) is 11.5 Å². The summed E-state index contributed by atoms with van der Waals surface area (Å²) < 4.78 is 37.5. The molecule has 1 amide bonds. The molecule has 0 fully saturated rings. The van der Waals surface area contributed by atoms with Crippen LogP contribution in [-0.2, 0) is 11.2 Å².